The minimum atomic E-state index is -0.448. The maximum absolute atomic E-state index is 12.3. The lowest BCUT2D eigenvalue weighted by Crippen LogP contribution is -2.15. The zero-order chi connectivity index (χ0) is 19.2. The van der Waals surface area contributed by atoms with E-state index in [0.717, 1.165) is 10.6 Å². The van der Waals surface area contributed by atoms with Crippen molar-refractivity contribution in [3.05, 3.63) is 80.8 Å². The van der Waals surface area contributed by atoms with Crippen molar-refractivity contribution in [2.75, 3.05) is 12.4 Å². The van der Waals surface area contributed by atoms with E-state index in [4.69, 9.17) is 11.6 Å². The van der Waals surface area contributed by atoms with Crippen LogP contribution in [0.4, 0.5) is 5.69 Å². The van der Waals surface area contributed by atoms with E-state index in [0.29, 0.717) is 28.4 Å². The van der Waals surface area contributed by atoms with Crippen molar-refractivity contribution in [3.8, 4) is 0 Å². The summed E-state index contributed by atoms with van der Waals surface area (Å²) in [5.41, 5.74) is 2.70. The Morgan fingerprint density at radius 1 is 1.19 bits per heavy atom. The lowest BCUT2D eigenvalue weighted by atomic mass is 10.2. The van der Waals surface area contributed by atoms with E-state index in [1.54, 1.807) is 24.3 Å². The van der Waals surface area contributed by atoms with Gasteiger partial charge in [0.1, 0.15) is 0 Å². The molecule has 0 unspecified atom stereocenters. The van der Waals surface area contributed by atoms with Gasteiger partial charge in [0.25, 0.3) is 0 Å². The molecule has 0 aliphatic rings. The molecule has 3 rings (SSSR count). The molecular weight excluding hydrogens is 384 g/mol. The van der Waals surface area contributed by atoms with Gasteiger partial charge in [0.05, 0.1) is 29.8 Å². The first-order valence-corrected chi connectivity index (χ1v) is 9.45. The Morgan fingerprint density at radius 2 is 2.00 bits per heavy atom. The number of halogens is 1. The normalized spacial score (nSPS) is 10.4. The van der Waals surface area contributed by atoms with Gasteiger partial charge >= 0.3 is 5.97 Å². The highest BCUT2D eigenvalue weighted by atomic mass is 35.5. The molecule has 0 aliphatic heterocycles. The first-order valence-electron chi connectivity index (χ1n) is 8.19. The van der Waals surface area contributed by atoms with Crippen molar-refractivity contribution >= 4 is 40.5 Å². The first-order chi connectivity index (χ1) is 13.0. The van der Waals surface area contributed by atoms with Crippen molar-refractivity contribution in [2.24, 2.45) is 0 Å². The quantitative estimate of drug-likeness (QED) is 0.624. The standard InChI is InChI=1S/C20H17ClN2O3S/c1-26-20(25)14-5-3-7-16(10-14)22-18(24)11-17-12-27-19(23-17)9-13-4-2-6-15(21)8-13/h2-8,10,12H,9,11H2,1H3,(H,22,24). The van der Waals surface area contributed by atoms with Gasteiger partial charge in [-0.05, 0) is 35.9 Å². The zero-order valence-corrected chi connectivity index (χ0v) is 16.1. The van der Waals surface area contributed by atoms with Gasteiger partial charge in [-0.3, -0.25) is 4.79 Å². The van der Waals surface area contributed by atoms with Crippen LogP contribution in [0.25, 0.3) is 0 Å². The number of benzene rings is 2. The molecule has 3 aromatic rings. The van der Waals surface area contributed by atoms with E-state index < -0.39 is 5.97 Å². The second-order valence-electron chi connectivity index (χ2n) is 5.84. The number of amides is 1. The number of carbonyl (C=O) groups excluding carboxylic acids is 2. The van der Waals surface area contributed by atoms with E-state index in [-0.39, 0.29) is 12.3 Å². The molecule has 0 bridgehead atoms. The smallest absolute Gasteiger partial charge is 0.337 e. The molecule has 0 atom stereocenters. The number of rotatable bonds is 6. The zero-order valence-electron chi connectivity index (χ0n) is 14.6. The Bertz CT molecular complexity index is 971. The number of anilines is 1. The number of hydrogen-bond acceptors (Lipinski definition) is 5. The molecule has 7 heteroatoms. The van der Waals surface area contributed by atoms with E-state index in [9.17, 15) is 9.59 Å². The van der Waals surface area contributed by atoms with Crippen LogP contribution in [0, 0.1) is 0 Å². The van der Waals surface area contributed by atoms with Gasteiger partial charge in [0, 0.05) is 22.5 Å². The Hall–Kier alpha value is -2.70. The second-order valence-corrected chi connectivity index (χ2v) is 7.22. The molecule has 5 nitrogen and oxygen atoms in total. The van der Waals surface area contributed by atoms with Crippen molar-refractivity contribution in [3.63, 3.8) is 0 Å². The summed E-state index contributed by atoms with van der Waals surface area (Å²) in [7, 11) is 1.32. The minimum absolute atomic E-state index is 0.161. The summed E-state index contributed by atoms with van der Waals surface area (Å²) in [5.74, 6) is -0.645. The van der Waals surface area contributed by atoms with Crippen molar-refractivity contribution in [1.82, 2.24) is 4.98 Å². The van der Waals surface area contributed by atoms with E-state index in [1.807, 2.05) is 29.6 Å². The molecule has 1 heterocycles. The number of aromatic nitrogens is 1. The predicted octanol–water partition coefficient (Wildman–Crippen LogP) is 4.36. The van der Waals surface area contributed by atoms with Crippen LogP contribution in [0.2, 0.25) is 5.02 Å². The largest absolute Gasteiger partial charge is 0.465 e. The van der Waals surface area contributed by atoms with Crippen LogP contribution in [0.1, 0.15) is 26.6 Å². The minimum Gasteiger partial charge on any atom is -0.465 e. The summed E-state index contributed by atoms with van der Waals surface area (Å²) >= 11 is 7.52. The average molecular weight is 401 g/mol. The van der Waals surface area contributed by atoms with Crippen molar-refractivity contribution < 1.29 is 14.3 Å². The molecule has 1 amide bonds. The highest BCUT2D eigenvalue weighted by Crippen LogP contribution is 2.18. The third-order valence-electron chi connectivity index (χ3n) is 3.75. The van der Waals surface area contributed by atoms with Crippen molar-refractivity contribution in [2.45, 2.75) is 12.8 Å². The Labute approximate surface area is 166 Å². The lowest BCUT2D eigenvalue weighted by molar-refractivity contribution is -0.115. The molecule has 0 saturated heterocycles. The molecule has 0 fully saturated rings. The summed E-state index contributed by atoms with van der Waals surface area (Å²) in [5, 5.41) is 6.27. The van der Waals surface area contributed by atoms with Gasteiger partial charge in [-0.2, -0.15) is 0 Å². The lowest BCUT2D eigenvalue weighted by Gasteiger charge is -2.06. The maximum atomic E-state index is 12.3. The van der Waals surface area contributed by atoms with Crippen molar-refractivity contribution in [1.29, 1.82) is 0 Å². The molecular formula is C20H17ClN2O3S. The van der Waals surface area contributed by atoms with Gasteiger partial charge in [0.15, 0.2) is 0 Å². The molecule has 0 spiro atoms. The monoisotopic (exact) mass is 400 g/mol. The summed E-state index contributed by atoms with van der Waals surface area (Å²) in [6.07, 6.45) is 0.836. The maximum Gasteiger partial charge on any atom is 0.337 e. The second kappa shape index (κ2) is 8.79. The molecule has 2 aromatic carbocycles. The number of thiazole rings is 1. The highest BCUT2D eigenvalue weighted by molar-refractivity contribution is 7.09. The van der Waals surface area contributed by atoms with Gasteiger partial charge in [-0.25, -0.2) is 9.78 Å². The summed E-state index contributed by atoms with van der Waals surface area (Å²) in [4.78, 5) is 28.3. The molecule has 0 radical (unpaired) electrons. The van der Waals surface area contributed by atoms with E-state index in [2.05, 4.69) is 15.0 Å². The summed E-state index contributed by atoms with van der Waals surface area (Å²) < 4.78 is 4.68. The number of hydrogen-bond donors (Lipinski definition) is 1. The molecule has 138 valence electrons. The number of esters is 1. The number of nitrogens with one attached hydrogen (secondary N) is 1. The van der Waals surface area contributed by atoms with Gasteiger partial charge in [-0.1, -0.05) is 29.8 Å². The predicted molar refractivity (Wildman–Crippen MR) is 106 cm³/mol. The van der Waals surface area contributed by atoms with Crippen LogP contribution in [-0.4, -0.2) is 24.0 Å². The SMILES string of the molecule is COC(=O)c1cccc(NC(=O)Cc2csc(Cc3cccc(Cl)c3)n2)c1. The van der Waals surface area contributed by atoms with Crippen LogP contribution >= 0.6 is 22.9 Å². The average Bonchev–Trinajstić information content (AvgIpc) is 3.07. The van der Waals surface area contributed by atoms with Gasteiger partial charge in [0.2, 0.25) is 5.91 Å². The third-order valence-corrected chi connectivity index (χ3v) is 4.89. The van der Waals surface area contributed by atoms with E-state index >= 15 is 0 Å². The molecule has 1 N–H and O–H groups in total. The number of methoxy groups -OCH3 is 1. The van der Waals surface area contributed by atoms with Crippen LogP contribution in [0.3, 0.4) is 0 Å². The fourth-order valence-corrected chi connectivity index (χ4v) is 3.59. The number of nitrogens with zero attached hydrogens (tertiary/aromatic N) is 1. The Kier molecular flexibility index (Phi) is 6.21. The van der Waals surface area contributed by atoms with Crippen LogP contribution in [0.15, 0.2) is 53.9 Å². The molecule has 1 aromatic heterocycles. The van der Waals surface area contributed by atoms with Gasteiger partial charge < -0.3 is 10.1 Å². The number of carbonyl (C=O) groups is 2. The molecule has 0 saturated carbocycles. The van der Waals surface area contributed by atoms with E-state index in [1.165, 1.54) is 18.4 Å². The van der Waals surface area contributed by atoms with Gasteiger partial charge in [-0.15, -0.1) is 11.3 Å². The Morgan fingerprint density at radius 3 is 2.78 bits per heavy atom. The number of ether oxygens (including phenoxy) is 1. The van der Waals surface area contributed by atoms with Crippen LogP contribution in [0.5, 0.6) is 0 Å². The Balaban J connectivity index is 1.60. The highest BCUT2D eigenvalue weighted by Gasteiger charge is 2.11. The summed E-state index contributed by atoms with van der Waals surface area (Å²) in [6.45, 7) is 0. The topological polar surface area (TPSA) is 68.3 Å². The van der Waals surface area contributed by atoms with Crippen LogP contribution < -0.4 is 5.32 Å². The fraction of sp³-hybridized carbons (Fsp3) is 0.150. The summed E-state index contributed by atoms with van der Waals surface area (Å²) in [6, 6.07) is 14.3. The molecule has 0 aliphatic carbocycles. The van der Waals surface area contributed by atoms with Crippen LogP contribution in [-0.2, 0) is 22.4 Å². The third kappa shape index (κ3) is 5.39. The fourth-order valence-electron chi connectivity index (χ4n) is 2.54. The first kappa shape index (κ1) is 19.1. The molecule has 27 heavy (non-hydrogen) atoms.